The second-order valence-electron chi connectivity index (χ2n) is 4.59. The Bertz CT molecular complexity index is 180. The van der Waals surface area contributed by atoms with E-state index in [-0.39, 0.29) is 0 Å². The van der Waals surface area contributed by atoms with Crippen molar-refractivity contribution >= 4 is 5.78 Å². The summed E-state index contributed by atoms with van der Waals surface area (Å²) in [4.78, 5) is 10.7. The topological polar surface area (TPSA) is 17.1 Å². The van der Waals surface area contributed by atoms with Gasteiger partial charge in [0, 0.05) is 6.42 Å². The van der Waals surface area contributed by atoms with Crippen LogP contribution in [0.4, 0.5) is 0 Å². The van der Waals surface area contributed by atoms with Gasteiger partial charge in [-0.05, 0) is 38.5 Å². The monoisotopic (exact) mass is 196 g/mol. The molecule has 0 aliphatic heterocycles. The van der Waals surface area contributed by atoms with E-state index >= 15 is 0 Å². The van der Waals surface area contributed by atoms with E-state index in [0.29, 0.717) is 12.2 Å². The Labute approximate surface area is 88.6 Å². The highest BCUT2D eigenvalue weighted by atomic mass is 16.1. The van der Waals surface area contributed by atoms with E-state index in [1.165, 1.54) is 18.4 Å². The SMILES string of the molecule is C=C(CCCC(C)=O)CCCC(C)C. The lowest BCUT2D eigenvalue weighted by Crippen LogP contribution is -1.92. The summed E-state index contributed by atoms with van der Waals surface area (Å²) in [7, 11) is 0. The van der Waals surface area contributed by atoms with Gasteiger partial charge in [0.05, 0.1) is 0 Å². The summed E-state index contributed by atoms with van der Waals surface area (Å²) in [5, 5.41) is 0. The van der Waals surface area contributed by atoms with Crippen LogP contribution in [0.3, 0.4) is 0 Å². The molecule has 0 aromatic carbocycles. The molecule has 0 unspecified atom stereocenters. The first-order valence-electron chi connectivity index (χ1n) is 5.68. The Morgan fingerprint density at radius 3 is 2.21 bits per heavy atom. The van der Waals surface area contributed by atoms with E-state index in [4.69, 9.17) is 0 Å². The third kappa shape index (κ3) is 9.50. The minimum atomic E-state index is 0.292. The average Bonchev–Trinajstić information content (AvgIpc) is 2.02. The quantitative estimate of drug-likeness (QED) is 0.533. The van der Waals surface area contributed by atoms with Crippen molar-refractivity contribution in [3.8, 4) is 0 Å². The molecule has 0 heterocycles. The molecule has 0 aromatic heterocycles. The summed E-state index contributed by atoms with van der Waals surface area (Å²) >= 11 is 0. The fourth-order valence-electron chi connectivity index (χ4n) is 1.47. The molecule has 0 fully saturated rings. The fraction of sp³-hybridized carbons (Fsp3) is 0.769. The molecule has 82 valence electrons. The van der Waals surface area contributed by atoms with Crippen LogP contribution < -0.4 is 0 Å². The zero-order valence-corrected chi connectivity index (χ0v) is 9.94. The van der Waals surface area contributed by atoms with Crippen molar-refractivity contribution in [3.05, 3.63) is 12.2 Å². The Hall–Kier alpha value is -0.590. The number of Topliss-reactive ketones (excluding diaryl/α,β-unsaturated/α-hetero) is 1. The van der Waals surface area contributed by atoms with Crippen LogP contribution in [0.5, 0.6) is 0 Å². The number of carbonyl (C=O) groups excluding carboxylic acids is 1. The van der Waals surface area contributed by atoms with Gasteiger partial charge in [-0.3, -0.25) is 0 Å². The first-order valence-corrected chi connectivity index (χ1v) is 5.68. The molecule has 14 heavy (non-hydrogen) atoms. The van der Waals surface area contributed by atoms with Gasteiger partial charge in [0.2, 0.25) is 0 Å². The normalized spacial score (nSPS) is 10.6. The van der Waals surface area contributed by atoms with Crippen LogP contribution in [0.25, 0.3) is 0 Å². The van der Waals surface area contributed by atoms with E-state index < -0.39 is 0 Å². The minimum absolute atomic E-state index is 0.292. The van der Waals surface area contributed by atoms with Crippen LogP contribution >= 0.6 is 0 Å². The number of ketones is 1. The summed E-state index contributed by atoms with van der Waals surface area (Å²) < 4.78 is 0. The van der Waals surface area contributed by atoms with Gasteiger partial charge in [-0.15, -0.1) is 0 Å². The predicted octanol–water partition coefficient (Wildman–Crippen LogP) is 4.13. The summed E-state index contributed by atoms with van der Waals surface area (Å²) in [5.74, 6) is 1.08. The molecule has 0 saturated carbocycles. The van der Waals surface area contributed by atoms with Crippen molar-refractivity contribution in [2.24, 2.45) is 5.92 Å². The summed E-state index contributed by atoms with van der Waals surface area (Å²) in [6.07, 6.45) is 6.38. The molecule has 0 amide bonds. The van der Waals surface area contributed by atoms with Crippen LogP contribution in [0.2, 0.25) is 0 Å². The highest BCUT2D eigenvalue weighted by molar-refractivity contribution is 5.75. The Morgan fingerprint density at radius 1 is 1.14 bits per heavy atom. The van der Waals surface area contributed by atoms with Crippen LogP contribution in [-0.2, 0) is 4.79 Å². The molecule has 0 aliphatic carbocycles. The molecule has 0 bridgehead atoms. The first kappa shape index (κ1) is 13.4. The average molecular weight is 196 g/mol. The van der Waals surface area contributed by atoms with Gasteiger partial charge in [-0.25, -0.2) is 0 Å². The second kappa shape index (κ2) is 7.78. The second-order valence-corrected chi connectivity index (χ2v) is 4.59. The van der Waals surface area contributed by atoms with Gasteiger partial charge >= 0.3 is 0 Å². The Balaban J connectivity index is 3.33. The molecule has 0 aromatic rings. The molecule has 1 heteroatoms. The molecule has 0 rings (SSSR count). The van der Waals surface area contributed by atoms with Crippen LogP contribution in [0.15, 0.2) is 12.2 Å². The van der Waals surface area contributed by atoms with E-state index in [1.807, 2.05) is 0 Å². The number of hydrogen-bond acceptors (Lipinski definition) is 1. The summed E-state index contributed by atoms with van der Waals surface area (Å²) in [6.45, 7) is 10.2. The molecule has 0 aliphatic rings. The summed E-state index contributed by atoms with van der Waals surface area (Å²) in [5.41, 5.74) is 1.31. The minimum Gasteiger partial charge on any atom is -0.300 e. The van der Waals surface area contributed by atoms with Crippen LogP contribution in [0.1, 0.15) is 59.3 Å². The van der Waals surface area contributed by atoms with Crippen molar-refractivity contribution in [1.82, 2.24) is 0 Å². The largest absolute Gasteiger partial charge is 0.300 e. The third-order valence-electron chi connectivity index (χ3n) is 2.37. The van der Waals surface area contributed by atoms with Gasteiger partial charge in [0.15, 0.2) is 0 Å². The van der Waals surface area contributed by atoms with E-state index in [9.17, 15) is 4.79 Å². The maximum atomic E-state index is 10.7. The first-order chi connectivity index (χ1) is 6.52. The van der Waals surface area contributed by atoms with Gasteiger partial charge in [-0.1, -0.05) is 32.4 Å². The lowest BCUT2D eigenvalue weighted by atomic mass is 10.00. The fourth-order valence-corrected chi connectivity index (χ4v) is 1.47. The Morgan fingerprint density at radius 2 is 1.71 bits per heavy atom. The molecule has 0 spiro atoms. The van der Waals surface area contributed by atoms with Crippen molar-refractivity contribution in [2.75, 3.05) is 0 Å². The van der Waals surface area contributed by atoms with Crippen LogP contribution in [-0.4, -0.2) is 5.78 Å². The molecule has 0 saturated heterocycles. The molecule has 0 N–H and O–H groups in total. The standard InChI is InChI=1S/C13H24O/c1-11(2)7-5-8-12(3)9-6-10-13(4)14/h11H,3,5-10H2,1-2,4H3. The zero-order chi connectivity index (χ0) is 11.0. The molecular weight excluding hydrogens is 172 g/mol. The number of rotatable bonds is 8. The van der Waals surface area contributed by atoms with E-state index in [2.05, 4.69) is 20.4 Å². The maximum absolute atomic E-state index is 10.7. The lowest BCUT2D eigenvalue weighted by Gasteiger charge is -2.06. The maximum Gasteiger partial charge on any atom is 0.129 e. The number of hydrogen-bond donors (Lipinski definition) is 0. The Kier molecular flexibility index (Phi) is 7.45. The molecular formula is C13H24O. The van der Waals surface area contributed by atoms with Crippen LogP contribution in [0, 0.1) is 5.92 Å². The number of allylic oxidation sites excluding steroid dienone is 1. The highest BCUT2D eigenvalue weighted by Crippen LogP contribution is 2.15. The van der Waals surface area contributed by atoms with E-state index in [1.54, 1.807) is 6.92 Å². The lowest BCUT2D eigenvalue weighted by molar-refractivity contribution is -0.117. The zero-order valence-electron chi connectivity index (χ0n) is 9.94. The van der Waals surface area contributed by atoms with Gasteiger partial charge in [-0.2, -0.15) is 0 Å². The molecule has 0 atom stereocenters. The summed E-state index contributed by atoms with van der Waals surface area (Å²) in [6, 6.07) is 0. The van der Waals surface area contributed by atoms with Gasteiger partial charge in [0.25, 0.3) is 0 Å². The van der Waals surface area contributed by atoms with Crippen molar-refractivity contribution in [1.29, 1.82) is 0 Å². The predicted molar refractivity (Wildman–Crippen MR) is 62.4 cm³/mol. The van der Waals surface area contributed by atoms with E-state index in [0.717, 1.165) is 25.2 Å². The van der Waals surface area contributed by atoms with Gasteiger partial charge in [0.1, 0.15) is 5.78 Å². The number of carbonyl (C=O) groups is 1. The van der Waals surface area contributed by atoms with Crippen molar-refractivity contribution in [3.63, 3.8) is 0 Å². The third-order valence-corrected chi connectivity index (χ3v) is 2.37. The van der Waals surface area contributed by atoms with Crippen molar-refractivity contribution < 1.29 is 4.79 Å². The van der Waals surface area contributed by atoms with Crippen molar-refractivity contribution in [2.45, 2.75) is 59.3 Å². The smallest absolute Gasteiger partial charge is 0.129 e. The van der Waals surface area contributed by atoms with Gasteiger partial charge < -0.3 is 4.79 Å². The molecule has 0 radical (unpaired) electrons. The molecule has 1 nitrogen and oxygen atoms in total. The highest BCUT2D eigenvalue weighted by Gasteiger charge is 1.99.